The summed E-state index contributed by atoms with van der Waals surface area (Å²) < 4.78 is 0. The van der Waals surface area contributed by atoms with E-state index in [2.05, 4.69) is 25.6 Å². The molecule has 25 heavy (non-hydrogen) atoms. The smallest absolute Gasteiger partial charge is 0.228 e. The number of anilines is 2. The molecule has 0 fully saturated rings. The summed E-state index contributed by atoms with van der Waals surface area (Å²) in [6, 6.07) is 7.70. The number of benzene rings is 1. The lowest BCUT2D eigenvalue weighted by atomic mass is 10.1. The molecule has 4 rings (SSSR count). The van der Waals surface area contributed by atoms with Crippen molar-refractivity contribution in [3.05, 3.63) is 52.1 Å². The van der Waals surface area contributed by atoms with Gasteiger partial charge in [0.15, 0.2) is 0 Å². The highest BCUT2D eigenvalue weighted by Crippen LogP contribution is 2.33. The third kappa shape index (κ3) is 3.10. The molecular formula is C18H17N5OS. The molecule has 1 aliphatic rings. The normalized spacial score (nSPS) is 14.1. The van der Waals surface area contributed by atoms with Gasteiger partial charge >= 0.3 is 0 Å². The molecule has 2 N–H and O–H groups in total. The van der Waals surface area contributed by atoms with E-state index in [0.717, 1.165) is 33.2 Å². The first-order valence-electron chi connectivity index (χ1n) is 8.04. The molecule has 126 valence electrons. The standard InChI is InChI=1S/C18H17N5OS/c1-10-9-25-17(20-10)11(2)21-18-19-8-12-7-15(24)22-14-6-4-3-5-13(14)16(12)23-18/h3-6,8-9,11H,7H2,1-2H3,(H,22,24)(H,19,21,23). The van der Waals surface area contributed by atoms with Crippen molar-refractivity contribution in [2.45, 2.75) is 26.3 Å². The van der Waals surface area contributed by atoms with Gasteiger partial charge in [0.25, 0.3) is 0 Å². The number of nitrogens with one attached hydrogen (secondary N) is 2. The van der Waals surface area contributed by atoms with Crippen LogP contribution in [-0.4, -0.2) is 20.9 Å². The number of amides is 1. The van der Waals surface area contributed by atoms with Crippen LogP contribution in [0, 0.1) is 6.92 Å². The van der Waals surface area contributed by atoms with Crippen molar-refractivity contribution in [1.82, 2.24) is 15.0 Å². The van der Waals surface area contributed by atoms with Crippen molar-refractivity contribution >= 4 is 28.9 Å². The maximum atomic E-state index is 12.1. The molecule has 1 aromatic carbocycles. The second kappa shape index (κ2) is 6.25. The first-order chi connectivity index (χ1) is 12.1. The van der Waals surface area contributed by atoms with E-state index in [1.54, 1.807) is 17.5 Å². The Labute approximate surface area is 149 Å². The Morgan fingerprint density at radius 2 is 2.12 bits per heavy atom. The van der Waals surface area contributed by atoms with E-state index in [4.69, 9.17) is 0 Å². The van der Waals surface area contributed by atoms with Gasteiger partial charge in [-0.15, -0.1) is 11.3 Å². The van der Waals surface area contributed by atoms with E-state index < -0.39 is 0 Å². The van der Waals surface area contributed by atoms with Gasteiger partial charge in [-0.05, 0) is 19.9 Å². The molecule has 1 amide bonds. The van der Waals surface area contributed by atoms with Crippen LogP contribution >= 0.6 is 11.3 Å². The van der Waals surface area contributed by atoms with Crippen molar-refractivity contribution in [3.63, 3.8) is 0 Å². The number of aromatic nitrogens is 3. The van der Waals surface area contributed by atoms with Gasteiger partial charge in [-0.2, -0.15) is 0 Å². The number of para-hydroxylation sites is 1. The van der Waals surface area contributed by atoms with E-state index >= 15 is 0 Å². The summed E-state index contributed by atoms with van der Waals surface area (Å²) in [4.78, 5) is 25.6. The average Bonchev–Trinajstić information content (AvgIpc) is 2.97. The molecule has 0 saturated heterocycles. The number of carbonyl (C=O) groups is 1. The zero-order valence-electron chi connectivity index (χ0n) is 13.9. The number of thiazole rings is 1. The summed E-state index contributed by atoms with van der Waals surface area (Å²) in [5.74, 6) is 0.477. The van der Waals surface area contributed by atoms with Gasteiger partial charge in [-0.3, -0.25) is 4.79 Å². The molecule has 0 radical (unpaired) electrons. The number of hydrogen-bond donors (Lipinski definition) is 2. The number of rotatable bonds is 3. The molecule has 0 bridgehead atoms. The molecule has 1 aliphatic heterocycles. The fourth-order valence-corrected chi connectivity index (χ4v) is 3.64. The maximum absolute atomic E-state index is 12.1. The van der Waals surface area contributed by atoms with Crippen LogP contribution in [0.15, 0.2) is 35.8 Å². The Morgan fingerprint density at radius 3 is 2.92 bits per heavy atom. The highest BCUT2D eigenvalue weighted by atomic mass is 32.1. The third-order valence-corrected chi connectivity index (χ3v) is 5.17. The van der Waals surface area contributed by atoms with Crippen LogP contribution < -0.4 is 10.6 Å². The van der Waals surface area contributed by atoms with Crippen LogP contribution in [-0.2, 0) is 11.2 Å². The largest absolute Gasteiger partial charge is 0.345 e. The van der Waals surface area contributed by atoms with E-state index in [0.29, 0.717) is 5.95 Å². The van der Waals surface area contributed by atoms with Crippen molar-refractivity contribution in [3.8, 4) is 11.3 Å². The summed E-state index contributed by atoms with van der Waals surface area (Å²) in [6.45, 7) is 4.01. The van der Waals surface area contributed by atoms with Gasteiger partial charge in [0.1, 0.15) is 5.01 Å². The Morgan fingerprint density at radius 1 is 1.28 bits per heavy atom. The van der Waals surface area contributed by atoms with Gasteiger partial charge in [0.2, 0.25) is 11.9 Å². The van der Waals surface area contributed by atoms with Crippen molar-refractivity contribution < 1.29 is 4.79 Å². The van der Waals surface area contributed by atoms with Crippen LogP contribution in [0.1, 0.15) is 29.2 Å². The summed E-state index contributed by atoms with van der Waals surface area (Å²) in [6.07, 6.45) is 2.00. The van der Waals surface area contributed by atoms with Crippen LogP contribution in [0.4, 0.5) is 11.6 Å². The van der Waals surface area contributed by atoms with Gasteiger partial charge in [-0.25, -0.2) is 15.0 Å². The Hall–Kier alpha value is -2.80. The number of fused-ring (bicyclic) bond motifs is 3. The fourth-order valence-electron chi connectivity index (χ4n) is 2.83. The van der Waals surface area contributed by atoms with Gasteiger partial charge < -0.3 is 10.6 Å². The molecule has 0 saturated carbocycles. The van der Waals surface area contributed by atoms with Crippen molar-refractivity contribution in [1.29, 1.82) is 0 Å². The zero-order valence-corrected chi connectivity index (χ0v) is 14.7. The molecule has 1 unspecified atom stereocenters. The Balaban J connectivity index is 1.70. The van der Waals surface area contributed by atoms with E-state index in [-0.39, 0.29) is 18.4 Å². The molecule has 3 aromatic rings. The minimum atomic E-state index is -0.0536. The Kier molecular flexibility index (Phi) is 3.93. The van der Waals surface area contributed by atoms with Gasteiger partial charge in [0.05, 0.1) is 23.8 Å². The highest BCUT2D eigenvalue weighted by Gasteiger charge is 2.21. The highest BCUT2D eigenvalue weighted by molar-refractivity contribution is 7.09. The second-order valence-electron chi connectivity index (χ2n) is 6.03. The van der Waals surface area contributed by atoms with E-state index in [1.807, 2.05) is 43.5 Å². The molecule has 3 heterocycles. The fraction of sp³-hybridized carbons (Fsp3) is 0.222. The number of carbonyl (C=O) groups excluding carboxylic acids is 1. The number of aryl methyl sites for hydroxylation is 1. The summed E-state index contributed by atoms with van der Waals surface area (Å²) in [5.41, 5.74) is 4.31. The molecule has 6 nitrogen and oxygen atoms in total. The van der Waals surface area contributed by atoms with Crippen LogP contribution in [0.2, 0.25) is 0 Å². The molecule has 0 spiro atoms. The lowest BCUT2D eigenvalue weighted by molar-refractivity contribution is -0.115. The van der Waals surface area contributed by atoms with Crippen molar-refractivity contribution in [2.24, 2.45) is 0 Å². The summed E-state index contributed by atoms with van der Waals surface area (Å²) >= 11 is 1.61. The SMILES string of the molecule is Cc1csc(C(C)Nc2ncc3c(n2)-c2ccccc2NC(=O)C3)n1. The summed E-state index contributed by atoms with van der Waals surface area (Å²) in [5, 5.41) is 9.25. The molecule has 7 heteroatoms. The first-order valence-corrected chi connectivity index (χ1v) is 8.92. The van der Waals surface area contributed by atoms with E-state index in [9.17, 15) is 4.79 Å². The maximum Gasteiger partial charge on any atom is 0.228 e. The summed E-state index contributed by atoms with van der Waals surface area (Å²) in [7, 11) is 0. The van der Waals surface area contributed by atoms with Crippen LogP contribution in [0.5, 0.6) is 0 Å². The quantitative estimate of drug-likeness (QED) is 0.754. The van der Waals surface area contributed by atoms with Crippen LogP contribution in [0.25, 0.3) is 11.3 Å². The predicted octanol–water partition coefficient (Wildman–Crippen LogP) is 3.58. The monoisotopic (exact) mass is 351 g/mol. The molecule has 0 aliphatic carbocycles. The van der Waals surface area contributed by atoms with Crippen molar-refractivity contribution in [2.75, 3.05) is 10.6 Å². The first kappa shape index (κ1) is 15.7. The Bertz CT molecular complexity index is 952. The second-order valence-corrected chi connectivity index (χ2v) is 6.92. The predicted molar refractivity (Wildman–Crippen MR) is 98.7 cm³/mol. The number of hydrogen-bond acceptors (Lipinski definition) is 6. The van der Waals surface area contributed by atoms with Crippen LogP contribution in [0.3, 0.4) is 0 Å². The topological polar surface area (TPSA) is 79.8 Å². The van der Waals surface area contributed by atoms with Gasteiger partial charge in [-0.1, -0.05) is 18.2 Å². The molecule has 2 aromatic heterocycles. The van der Waals surface area contributed by atoms with E-state index in [1.165, 1.54) is 0 Å². The minimum Gasteiger partial charge on any atom is -0.345 e. The third-order valence-electron chi connectivity index (χ3n) is 4.02. The lowest BCUT2D eigenvalue weighted by Gasteiger charge is -2.13. The zero-order chi connectivity index (χ0) is 17.4. The molecular weight excluding hydrogens is 334 g/mol. The molecule has 1 atom stereocenters. The minimum absolute atomic E-state index is 0.0116. The van der Waals surface area contributed by atoms with Gasteiger partial charge in [0, 0.05) is 28.4 Å². The lowest BCUT2D eigenvalue weighted by Crippen LogP contribution is -2.13. The number of nitrogens with zero attached hydrogens (tertiary/aromatic N) is 3. The average molecular weight is 351 g/mol.